The van der Waals surface area contributed by atoms with E-state index in [0.717, 1.165) is 44.2 Å². The third-order valence-corrected chi connectivity index (χ3v) is 5.60. The molecule has 188 valence electrons. The van der Waals surface area contributed by atoms with E-state index in [0.29, 0.717) is 24.5 Å². The first-order valence-electron chi connectivity index (χ1n) is 10.6. The van der Waals surface area contributed by atoms with Crippen LogP contribution in [0.15, 0.2) is 79.4 Å². The van der Waals surface area contributed by atoms with Crippen LogP contribution in [0.3, 0.4) is 0 Å². The number of fused-ring (bicyclic) bond motifs is 2. The van der Waals surface area contributed by atoms with E-state index in [1.54, 1.807) is 26.6 Å². The van der Waals surface area contributed by atoms with Crippen LogP contribution in [-0.2, 0) is 13.0 Å². The van der Waals surface area contributed by atoms with E-state index in [1.807, 2.05) is 54.9 Å². The zero-order valence-corrected chi connectivity index (χ0v) is 22.2. The van der Waals surface area contributed by atoms with Crippen molar-refractivity contribution in [2.24, 2.45) is 0 Å². The Hall–Kier alpha value is -3.32. The average Bonchev–Trinajstić information content (AvgIpc) is 2.87. The quantitative estimate of drug-likeness (QED) is 0.228. The van der Waals surface area contributed by atoms with Crippen LogP contribution in [0.2, 0.25) is 0 Å². The van der Waals surface area contributed by atoms with Crippen LogP contribution < -0.4 is 14.2 Å². The highest BCUT2D eigenvalue weighted by Gasteiger charge is 2.12. The van der Waals surface area contributed by atoms with Crippen LogP contribution in [0, 0.1) is 0 Å². The number of halogens is 3. The molecule has 5 rings (SSSR count). The number of rotatable bonds is 7. The molecule has 0 radical (unpaired) electrons. The lowest BCUT2D eigenvalue weighted by molar-refractivity contribution is 0.309. The number of hydrogen-bond donors (Lipinski definition) is 0. The summed E-state index contributed by atoms with van der Waals surface area (Å²) in [5.41, 5.74) is 3.91. The monoisotopic (exact) mass is 545 g/mol. The molecule has 0 atom stereocenters. The maximum atomic E-state index is 6.10. The van der Waals surface area contributed by atoms with E-state index >= 15 is 0 Å². The lowest BCUT2D eigenvalue weighted by Gasteiger charge is -2.12. The van der Waals surface area contributed by atoms with Crippen molar-refractivity contribution in [3.8, 4) is 17.2 Å². The number of para-hydroxylation sites is 1. The molecular formula is C27H26Cl3N3O3. The highest BCUT2D eigenvalue weighted by atomic mass is 35.5. The molecule has 0 aliphatic heterocycles. The van der Waals surface area contributed by atoms with Crippen LogP contribution in [0.25, 0.3) is 21.7 Å². The second-order valence-electron chi connectivity index (χ2n) is 7.68. The largest absolute Gasteiger partial charge is 0.493 e. The van der Waals surface area contributed by atoms with E-state index in [9.17, 15) is 0 Å². The van der Waals surface area contributed by atoms with Gasteiger partial charge in [-0.05, 0) is 52.9 Å². The number of ether oxygens (including phenoxy) is 3. The van der Waals surface area contributed by atoms with E-state index in [2.05, 4.69) is 22.1 Å². The number of hydrogen-bond acceptors (Lipinski definition) is 6. The molecule has 0 aliphatic carbocycles. The number of aromatic nitrogens is 3. The van der Waals surface area contributed by atoms with Crippen molar-refractivity contribution in [2.45, 2.75) is 13.0 Å². The topological polar surface area (TPSA) is 66.4 Å². The van der Waals surface area contributed by atoms with Gasteiger partial charge in [0.05, 0.1) is 14.2 Å². The number of pyridine rings is 3. The van der Waals surface area contributed by atoms with Crippen molar-refractivity contribution < 1.29 is 14.2 Å². The third-order valence-electron chi connectivity index (χ3n) is 5.60. The van der Waals surface area contributed by atoms with Gasteiger partial charge in [-0.3, -0.25) is 9.97 Å². The molecule has 5 aromatic rings. The molecule has 3 aromatic heterocycles. The van der Waals surface area contributed by atoms with Gasteiger partial charge in [-0.1, -0.05) is 18.2 Å². The van der Waals surface area contributed by atoms with E-state index < -0.39 is 0 Å². The molecule has 0 unspecified atom stereocenters. The van der Waals surface area contributed by atoms with Crippen LogP contribution >= 0.6 is 37.2 Å². The van der Waals surface area contributed by atoms with Gasteiger partial charge in [0, 0.05) is 47.7 Å². The summed E-state index contributed by atoms with van der Waals surface area (Å²) >= 11 is 0. The average molecular weight is 547 g/mol. The lowest BCUT2D eigenvalue weighted by Crippen LogP contribution is -1.99. The fraction of sp³-hybridized carbons (Fsp3) is 0.148. The summed E-state index contributed by atoms with van der Waals surface area (Å²) in [5.74, 6) is 2.13. The Morgan fingerprint density at radius 2 is 1.47 bits per heavy atom. The SMILES string of the molecule is COc1cc2cncc(Cc3ccc4cccc(OCc5ccncc5)c4n3)c2cc1OC.Cl.Cl.Cl. The first-order chi connectivity index (χ1) is 16.2. The smallest absolute Gasteiger partial charge is 0.161 e. The number of benzene rings is 2. The first-order valence-corrected chi connectivity index (χ1v) is 10.6. The summed E-state index contributed by atoms with van der Waals surface area (Å²) < 4.78 is 17.0. The molecule has 0 saturated carbocycles. The van der Waals surface area contributed by atoms with Gasteiger partial charge in [0.1, 0.15) is 17.9 Å². The van der Waals surface area contributed by atoms with E-state index in [-0.39, 0.29) is 37.2 Å². The third kappa shape index (κ3) is 6.08. The predicted octanol–water partition coefficient (Wildman–Crippen LogP) is 6.63. The normalized spacial score (nSPS) is 10.1. The molecule has 0 saturated heterocycles. The van der Waals surface area contributed by atoms with Crippen molar-refractivity contribution in [1.29, 1.82) is 0 Å². The second-order valence-corrected chi connectivity index (χ2v) is 7.68. The fourth-order valence-corrected chi connectivity index (χ4v) is 3.91. The Morgan fingerprint density at radius 1 is 0.722 bits per heavy atom. The maximum Gasteiger partial charge on any atom is 0.161 e. The summed E-state index contributed by atoms with van der Waals surface area (Å²) in [7, 11) is 3.28. The molecule has 0 fully saturated rings. The highest BCUT2D eigenvalue weighted by Crippen LogP contribution is 2.34. The summed E-state index contributed by atoms with van der Waals surface area (Å²) in [5, 5.41) is 3.09. The van der Waals surface area contributed by atoms with Crippen molar-refractivity contribution in [2.75, 3.05) is 14.2 Å². The van der Waals surface area contributed by atoms with E-state index in [4.69, 9.17) is 19.2 Å². The summed E-state index contributed by atoms with van der Waals surface area (Å²) in [4.78, 5) is 13.4. The number of nitrogens with zero attached hydrogens (tertiary/aromatic N) is 3. The molecule has 36 heavy (non-hydrogen) atoms. The van der Waals surface area contributed by atoms with Gasteiger partial charge in [-0.2, -0.15) is 0 Å². The Morgan fingerprint density at radius 3 is 2.22 bits per heavy atom. The van der Waals surface area contributed by atoms with Crippen molar-refractivity contribution in [3.63, 3.8) is 0 Å². The Labute approximate surface area is 228 Å². The predicted molar refractivity (Wildman–Crippen MR) is 150 cm³/mol. The summed E-state index contributed by atoms with van der Waals surface area (Å²) in [6.45, 7) is 0.461. The van der Waals surface area contributed by atoms with Gasteiger partial charge in [0.2, 0.25) is 0 Å². The minimum Gasteiger partial charge on any atom is -0.493 e. The van der Waals surface area contributed by atoms with Gasteiger partial charge in [-0.15, -0.1) is 37.2 Å². The van der Waals surface area contributed by atoms with Crippen molar-refractivity contribution in [3.05, 3.63) is 96.2 Å². The minimum absolute atomic E-state index is 0. The van der Waals surface area contributed by atoms with Gasteiger partial charge >= 0.3 is 0 Å². The van der Waals surface area contributed by atoms with Gasteiger partial charge in [0.15, 0.2) is 11.5 Å². The van der Waals surface area contributed by atoms with Gasteiger partial charge < -0.3 is 14.2 Å². The molecule has 9 heteroatoms. The highest BCUT2D eigenvalue weighted by molar-refractivity contribution is 5.89. The standard InChI is InChI=1S/C27H23N3O3.3ClH/c1-31-25-13-21-16-29-15-20(23(21)14-26(25)32-2)12-22-7-6-19-4-3-5-24(27(19)30-22)33-17-18-8-10-28-11-9-18;;;/h3-11,13-16H,12,17H2,1-2H3;3*1H. The molecule has 2 aromatic carbocycles. The molecule has 0 amide bonds. The van der Waals surface area contributed by atoms with Gasteiger partial charge in [0.25, 0.3) is 0 Å². The van der Waals surface area contributed by atoms with Crippen LogP contribution in [0.1, 0.15) is 16.8 Å². The van der Waals surface area contributed by atoms with Crippen LogP contribution in [-0.4, -0.2) is 29.2 Å². The van der Waals surface area contributed by atoms with Crippen LogP contribution in [0.5, 0.6) is 17.2 Å². The zero-order chi connectivity index (χ0) is 22.6. The van der Waals surface area contributed by atoms with E-state index in [1.165, 1.54) is 0 Å². The van der Waals surface area contributed by atoms with Crippen molar-refractivity contribution in [1.82, 2.24) is 15.0 Å². The fourth-order valence-electron chi connectivity index (χ4n) is 3.91. The molecular weight excluding hydrogens is 521 g/mol. The number of methoxy groups -OCH3 is 2. The lowest BCUT2D eigenvalue weighted by atomic mass is 10.0. The summed E-state index contributed by atoms with van der Waals surface area (Å²) in [6, 6.07) is 18.0. The molecule has 0 N–H and O–H groups in total. The molecule has 0 bridgehead atoms. The molecule has 3 heterocycles. The Kier molecular flexibility index (Phi) is 10.5. The molecule has 6 nitrogen and oxygen atoms in total. The minimum atomic E-state index is 0. The Bertz CT molecular complexity index is 1440. The molecule has 0 spiro atoms. The van der Waals surface area contributed by atoms with Crippen molar-refractivity contribution >= 4 is 58.9 Å². The Balaban J connectivity index is 0.00000152. The molecule has 0 aliphatic rings. The van der Waals surface area contributed by atoms with Crippen LogP contribution in [0.4, 0.5) is 0 Å². The second kappa shape index (κ2) is 13.1. The zero-order valence-electron chi connectivity index (χ0n) is 19.7. The first kappa shape index (κ1) is 28.9. The summed E-state index contributed by atoms with van der Waals surface area (Å²) in [6.07, 6.45) is 7.88. The maximum absolute atomic E-state index is 6.10. The van der Waals surface area contributed by atoms with Gasteiger partial charge in [-0.25, -0.2) is 4.98 Å².